The van der Waals surface area contributed by atoms with Gasteiger partial charge >= 0.3 is 7.12 Å². The zero-order valence-corrected chi connectivity index (χ0v) is 16.5. The van der Waals surface area contributed by atoms with E-state index < -0.39 is 18.3 Å². The van der Waals surface area contributed by atoms with E-state index in [0.717, 1.165) is 21.2 Å². The van der Waals surface area contributed by atoms with Crippen molar-refractivity contribution in [2.75, 3.05) is 0 Å². The Morgan fingerprint density at radius 2 is 1.74 bits per heavy atom. The normalized spacial score (nSPS) is 18.7. The van der Waals surface area contributed by atoms with E-state index in [1.165, 1.54) is 11.3 Å². The Labute approximate surface area is 160 Å². The van der Waals surface area contributed by atoms with Crippen LogP contribution >= 0.6 is 11.3 Å². The Bertz CT molecular complexity index is 1260. The molecule has 0 bridgehead atoms. The first kappa shape index (κ1) is 16.9. The molecule has 0 atom stereocenters. The Morgan fingerprint density at radius 1 is 1.04 bits per heavy atom. The topological polar surface area (TPSA) is 52.8 Å². The third-order valence-electron chi connectivity index (χ3n) is 5.69. The largest absolute Gasteiger partial charge is 0.494 e. The molecule has 1 fully saturated rings. The summed E-state index contributed by atoms with van der Waals surface area (Å²) in [5.74, 6) is 0. The molecule has 1 aliphatic heterocycles. The van der Waals surface area contributed by atoms with E-state index in [-0.39, 0.29) is 5.56 Å². The van der Waals surface area contributed by atoms with Gasteiger partial charge in [0.1, 0.15) is 0 Å². The summed E-state index contributed by atoms with van der Waals surface area (Å²) in [7, 11) is -0.487. The van der Waals surface area contributed by atoms with E-state index in [2.05, 4.69) is 4.98 Å². The van der Waals surface area contributed by atoms with Crippen molar-refractivity contribution >= 4 is 50.0 Å². The van der Waals surface area contributed by atoms with Crippen molar-refractivity contribution in [1.29, 1.82) is 0 Å². The SMILES string of the molecule is CC1(C)OB(c2ccc3sc4nc5ccccc5n4c(=O)c3c2)OC1(C)C. The number of imidazole rings is 1. The lowest BCUT2D eigenvalue weighted by Crippen LogP contribution is -2.41. The fourth-order valence-corrected chi connectivity index (χ4v) is 4.42. The first-order valence-corrected chi connectivity index (χ1v) is 9.78. The van der Waals surface area contributed by atoms with E-state index >= 15 is 0 Å². The number of aromatic nitrogens is 2. The molecule has 1 aliphatic rings. The highest BCUT2D eigenvalue weighted by Crippen LogP contribution is 2.36. The number of hydrogen-bond donors (Lipinski definition) is 0. The summed E-state index contributed by atoms with van der Waals surface area (Å²) in [6, 6.07) is 13.5. The molecule has 0 aliphatic carbocycles. The second kappa shape index (κ2) is 5.41. The Kier molecular flexibility index (Phi) is 3.39. The van der Waals surface area contributed by atoms with E-state index in [1.54, 1.807) is 4.40 Å². The quantitative estimate of drug-likeness (QED) is 0.477. The molecule has 5 nitrogen and oxygen atoms in total. The maximum absolute atomic E-state index is 13.2. The minimum atomic E-state index is -0.487. The predicted octanol–water partition coefficient (Wildman–Crippen LogP) is 3.36. The van der Waals surface area contributed by atoms with Gasteiger partial charge in [-0.2, -0.15) is 0 Å². The summed E-state index contributed by atoms with van der Waals surface area (Å²) in [6.07, 6.45) is 0. The average Bonchev–Trinajstić information content (AvgIpc) is 3.08. The van der Waals surface area contributed by atoms with Crippen LogP contribution in [-0.4, -0.2) is 27.7 Å². The van der Waals surface area contributed by atoms with Gasteiger partial charge in [0.05, 0.1) is 27.6 Å². The van der Waals surface area contributed by atoms with Crippen LogP contribution in [0.1, 0.15) is 27.7 Å². The second-order valence-electron chi connectivity index (χ2n) is 7.97. The van der Waals surface area contributed by atoms with Crippen molar-refractivity contribution in [2.24, 2.45) is 0 Å². The number of hydrogen-bond acceptors (Lipinski definition) is 5. The molecule has 0 saturated carbocycles. The average molecular weight is 378 g/mol. The van der Waals surface area contributed by atoms with Gasteiger partial charge in [-0.1, -0.05) is 29.5 Å². The van der Waals surface area contributed by atoms with E-state index in [9.17, 15) is 4.79 Å². The summed E-state index contributed by atoms with van der Waals surface area (Å²) in [5, 5.41) is 0.655. The zero-order valence-electron chi connectivity index (χ0n) is 15.6. The van der Waals surface area contributed by atoms with Gasteiger partial charge in [-0.3, -0.25) is 4.79 Å². The van der Waals surface area contributed by atoms with Gasteiger partial charge in [0.25, 0.3) is 5.56 Å². The maximum atomic E-state index is 13.2. The van der Waals surface area contributed by atoms with E-state index in [0.29, 0.717) is 10.3 Å². The molecule has 2 aromatic carbocycles. The minimum absolute atomic E-state index is 0.0641. The highest BCUT2D eigenvalue weighted by atomic mass is 32.1. The van der Waals surface area contributed by atoms with E-state index in [4.69, 9.17) is 9.31 Å². The summed E-state index contributed by atoms with van der Waals surface area (Å²) in [4.78, 5) is 18.5. The lowest BCUT2D eigenvalue weighted by atomic mass is 9.79. The molecule has 2 aromatic heterocycles. The monoisotopic (exact) mass is 378 g/mol. The lowest BCUT2D eigenvalue weighted by molar-refractivity contribution is 0.00578. The van der Waals surface area contributed by atoms with Crippen LogP contribution in [0, 0.1) is 0 Å². The number of benzene rings is 2. The first-order chi connectivity index (χ1) is 12.8. The third kappa shape index (κ3) is 2.39. The fraction of sp³-hybridized carbons (Fsp3) is 0.300. The summed E-state index contributed by atoms with van der Waals surface area (Å²) in [5.41, 5.74) is 1.61. The highest BCUT2D eigenvalue weighted by molar-refractivity contribution is 7.23. The van der Waals surface area contributed by atoms with Crippen molar-refractivity contribution in [3.05, 3.63) is 52.8 Å². The molecule has 0 spiro atoms. The third-order valence-corrected chi connectivity index (χ3v) is 6.73. The van der Waals surface area contributed by atoms with Gasteiger partial charge in [0.15, 0.2) is 4.96 Å². The first-order valence-electron chi connectivity index (χ1n) is 8.96. The summed E-state index contributed by atoms with van der Waals surface area (Å²) >= 11 is 1.51. The zero-order chi connectivity index (χ0) is 19.0. The van der Waals surface area contributed by atoms with Crippen LogP contribution in [0.25, 0.3) is 26.1 Å². The molecule has 0 N–H and O–H groups in total. The molecular formula is C20H19BN2O3S. The molecule has 7 heteroatoms. The van der Waals surface area contributed by atoms with Crippen LogP contribution in [0.2, 0.25) is 0 Å². The molecule has 4 aromatic rings. The smallest absolute Gasteiger partial charge is 0.399 e. The lowest BCUT2D eigenvalue weighted by Gasteiger charge is -2.32. The van der Waals surface area contributed by atoms with Crippen LogP contribution in [0.5, 0.6) is 0 Å². The molecule has 136 valence electrons. The van der Waals surface area contributed by atoms with Crippen LogP contribution < -0.4 is 11.0 Å². The minimum Gasteiger partial charge on any atom is -0.399 e. The molecule has 3 heterocycles. The molecule has 5 rings (SSSR count). The Hall–Kier alpha value is -2.22. The number of fused-ring (bicyclic) bond motifs is 4. The Balaban J connectivity index is 1.72. The van der Waals surface area contributed by atoms with Crippen LogP contribution in [-0.2, 0) is 9.31 Å². The second-order valence-corrected chi connectivity index (χ2v) is 8.98. The molecular weight excluding hydrogens is 359 g/mol. The van der Waals surface area contributed by atoms with E-state index in [1.807, 2.05) is 70.2 Å². The Morgan fingerprint density at radius 3 is 2.48 bits per heavy atom. The molecule has 0 amide bonds. The molecule has 1 saturated heterocycles. The van der Waals surface area contributed by atoms with Crippen LogP contribution in [0.3, 0.4) is 0 Å². The van der Waals surface area contributed by atoms with Gasteiger partial charge in [0, 0.05) is 4.70 Å². The van der Waals surface area contributed by atoms with Crippen LogP contribution in [0.4, 0.5) is 0 Å². The van der Waals surface area contributed by atoms with Gasteiger partial charge in [-0.15, -0.1) is 0 Å². The van der Waals surface area contributed by atoms with Gasteiger partial charge < -0.3 is 9.31 Å². The van der Waals surface area contributed by atoms with Crippen molar-refractivity contribution < 1.29 is 9.31 Å². The molecule has 27 heavy (non-hydrogen) atoms. The maximum Gasteiger partial charge on any atom is 0.494 e. The van der Waals surface area contributed by atoms with Crippen molar-refractivity contribution in [3.63, 3.8) is 0 Å². The van der Waals surface area contributed by atoms with Gasteiger partial charge in [0.2, 0.25) is 0 Å². The standard InChI is InChI=1S/C20H19BN2O3S/c1-19(2)20(3,4)26-21(25-19)12-9-10-16-13(11-12)17(24)23-15-8-6-5-7-14(15)22-18(23)27-16/h5-11H,1-4H3. The molecule has 0 unspecified atom stereocenters. The van der Waals surface area contributed by atoms with Crippen molar-refractivity contribution in [3.8, 4) is 0 Å². The fourth-order valence-electron chi connectivity index (χ4n) is 3.42. The number of rotatable bonds is 1. The summed E-state index contributed by atoms with van der Waals surface area (Å²) in [6.45, 7) is 8.10. The number of nitrogens with zero attached hydrogens (tertiary/aromatic N) is 2. The van der Waals surface area contributed by atoms with Crippen LogP contribution in [0.15, 0.2) is 47.3 Å². The van der Waals surface area contributed by atoms with Crippen molar-refractivity contribution in [1.82, 2.24) is 9.38 Å². The van der Waals surface area contributed by atoms with Crippen molar-refractivity contribution in [2.45, 2.75) is 38.9 Å². The predicted molar refractivity (Wildman–Crippen MR) is 110 cm³/mol. The summed E-state index contributed by atoms with van der Waals surface area (Å²) < 4.78 is 14.9. The molecule has 0 radical (unpaired) electrons. The van der Waals surface area contributed by atoms with Gasteiger partial charge in [-0.25, -0.2) is 9.38 Å². The number of para-hydroxylation sites is 2. The van der Waals surface area contributed by atoms with Gasteiger partial charge in [-0.05, 0) is 57.4 Å². The highest BCUT2D eigenvalue weighted by Gasteiger charge is 2.51.